The molecule has 0 aliphatic rings. The second-order valence-corrected chi connectivity index (χ2v) is 29.5. The first-order valence-corrected chi connectivity index (χ1v) is 42.4. The van der Waals surface area contributed by atoms with Crippen LogP contribution in [-0.2, 0) is 14.3 Å². The molecule has 0 aromatic carbocycles. The summed E-state index contributed by atoms with van der Waals surface area (Å²) in [5.74, 6) is -0.00140. The van der Waals surface area contributed by atoms with Crippen LogP contribution in [0.1, 0.15) is 495 Å². The van der Waals surface area contributed by atoms with E-state index in [0.717, 1.165) is 38.5 Å². The van der Waals surface area contributed by atoms with Crippen LogP contribution in [-0.4, -0.2) is 47.4 Å². The van der Waals surface area contributed by atoms with E-state index in [2.05, 4.69) is 31.3 Å². The quantitative estimate of drug-likeness (QED) is 0.0320. The molecule has 0 aromatic heterocycles. The number of aliphatic hydroxyl groups is 2. The lowest BCUT2D eigenvalue weighted by molar-refractivity contribution is -0.143. The van der Waals surface area contributed by atoms with Crippen LogP contribution < -0.4 is 5.32 Å². The first-order valence-electron chi connectivity index (χ1n) is 42.4. The lowest BCUT2D eigenvalue weighted by Gasteiger charge is -2.22. The molecule has 6 nitrogen and oxygen atoms in total. The summed E-state index contributed by atoms with van der Waals surface area (Å²) < 4.78 is 5.52. The highest BCUT2D eigenvalue weighted by Crippen LogP contribution is 2.21. The number of unbranched alkanes of at least 4 members (excludes halogenated alkanes) is 68. The third-order valence-corrected chi connectivity index (χ3v) is 20.3. The lowest BCUT2D eigenvalue weighted by Crippen LogP contribution is -2.45. The fourth-order valence-corrected chi connectivity index (χ4v) is 13.9. The van der Waals surface area contributed by atoms with Crippen molar-refractivity contribution in [1.82, 2.24) is 5.32 Å². The van der Waals surface area contributed by atoms with Gasteiger partial charge in [-0.2, -0.15) is 0 Å². The van der Waals surface area contributed by atoms with Crippen molar-refractivity contribution >= 4 is 11.9 Å². The number of esters is 1. The number of amides is 1. The third-order valence-electron chi connectivity index (χ3n) is 20.3. The lowest BCUT2D eigenvalue weighted by atomic mass is 10.0. The van der Waals surface area contributed by atoms with E-state index >= 15 is 0 Å². The molecule has 0 saturated heterocycles. The Labute approximate surface area is 571 Å². The maximum atomic E-state index is 12.6. The summed E-state index contributed by atoms with van der Waals surface area (Å²) in [6, 6.07) is -0.540. The molecule has 0 aliphatic carbocycles. The number of nitrogens with one attached hydrogen (secondary N) is 1. The SMILES string of the molecule is CCCCCCCCCCCCCCCCCCCCCCCCCC(O)C(CO)NC(=O)CCCCCCCCCCCCCCCCCC/C=C\CCCCCCCCCCCCCCOC(=O)CCCCCCCCCCCCCCCCCCCCC. The molecule has 3 N–H and O–H groups in total. The van der Waals surface area contributed by atoms with Crippen LogP contribution in [0.2, 0.25) is 0 Å². The van der Waals surface area contributed by atoms with Crippen molar-refractivity contribution in [1.29, 1.82) is 0 Å². The second-order valence-electron chi connectivity index (χ2n) is 29.5. The van der Waals surface area contributed by atoms with E-state index in [4.69, 9.17) is 4.74 Å². The topological polar surface area (TPSA) is 95.9 Å². The van der Waals surface area contributed by atoms with Gasteiger partial charge in [0.2, 0.25) is 5.91 Å². The molecule has 0 fully saturated rings. The molecule has 2 atom stereocenters. The minimum atomic E-state index is -0.664. The first-order chi connectivity index (χ1) is 45.0. The summed E-state index contributed by atoms with van der Waals surface area (Å²) in [6.07, 6.45) is 103. The Bertz CT molecular complexity index is 1380. The fourth-order valence-electron chi connectivity index (χ4n) is 13.9. The van der Waals surface area contributed by atoms with Crippen molar-refractivity contribution in [3.63, 3.8) is 0 Å². The standard InChI is InChI=1S/C85H167NO5/c1-3-5-7-9-11-13-15-17-19-21-23-24-35-38-42-45-49-53-57-61-65-69-73-77-83(88)82(81-87)86-84(89)78-74-70-66-62-58-54-50-46-43-39-36-33-31-29-27-25-26-28-30-32-34-37-40-44-48-52-56-60-64-68-72-76-80-91-85(90)79-75-71-67-63-59-55-51-47-41-22-20-18-16-14-12-10-8-6-4-2/h28,30,82-83,87-88H,3-27,29,31-81H2,1-2H3,(H,86,89)/b30-28-. The number of allylic oxidation sites excluding steroid dienone is 2. The predicted octanol–water partition coefficient (Wildman–Crippen LogP) is 28.2. The number of aliphatic hydroxyl groups excluding tert-OH is 2. The van der Waals surface area contributed by atoms with Crippen molar-refractivity contribution in [3.05, 3.63) is 12.2 Å². The smallest absolute Gasteiger partial charge is 0.305 e. The van der Waals surface area contributed by atoms with Gasteiger partial charge < -0.3 is 20.3 Å². The van der Waals surface area contributed by atoms with E-state index in [9.17, 15) is 19.8 Å². The number of ether oxygens (including phenoxy) is 1. The van der Waals surface area contributed by atoms with Gasteiger partial charge in [0, 0.05) is 12.8 Å². The van der Waals surface area contributed by atoms with Crippen LogP contribution in [0.4, 0.5) is 0 Å². The molecule has 1 amide bonds. The van der Waals surface area contributed by atoms with E-state index in [1.165, 1.54) is 424 Å². The van der Waals surface area contributed by atoms with Crippen molar-refractivity contribution in [2.24, 2.45) is 0 Å². The molecule has 0 aliphatic heterocycles. The van der Waals surface area contributed by atoms with Crippen molar-refractivity contribution < 1.29 is 24.5 Å². The second kappa shape index (κ2) is 81.0. The highest BCUT2D eigenvalue weighted by molar-refractivity contribution is 5.76. The minimum absolute atomic E-state index is 0.0246. The summed E-state index contributed by atoms with van der Waals surface area (Å²) in [6.45, 7) is 5.02. The van der Waals surface area contributed by atoms with Crippen LogP contribution in [0.25, 0.3) is 0 Å². The minimum Gasteiger partial charge on any atom is -0.466 e. The number of hydrogen-bond acceptors (Lipinski definition) is 5. The Hall–Kier alpha value is -1.40. The third kappa shape index (κ3) is 77.5. The van der Waals surface area contributed by atoms with Crippen LogP contribution in [0, 0.1) is 0 Å². The molecular formula is C85H167NO5. The van der Waals surface area contributed by atoms with E-state index in [1.54, 1.807) is 0 Å². The fraction of sp³-hybridized carbons (Fsp3) is 0.953. The Morgan fingerprint density at radius 1 is 0.297 bits per heavy atom. The van der Waals surface area contributed by atoms with Gasteiger partial charge in [-0.25, -0.2) is 0 Å². The summed E-state index contributed by atoms with van der Waals surface area (Å²) in [5, 5.41) is 23.5. The molecule has 0 bridgehead atoms. The van der Waals surface area contributed by atoms with Gasteiger partial charge in [0.25, 0.3) is 0 Å². The van der Waals surface area contributed by atoms with Gasteiger partial charge in [0.1, 0.15) is 0 Å². The van der Waals surface area contributed by atoms with Crippen LogP contribution >= 0.6 is 0 Å². The Balaban J connectivity index is 3.34. The largest absolute Gasteiger partial charge is 0.466 e. The molecule has 542 valence electrons. The highest BCUT2D eigenvalue weighted by Gasteiger charge is 2.20. The highest BCUT2D eigenvalue weighted by atomic mass is 16.5. The van der Waals surface area contributed by atoms with Gasteiger partial charge in [0.05, 0.1) is 25.4 Å². The maximum Gasteiger partial charge on any atom is 0.305 e. The molecule has 0 rings (SSSR count). The molecule has 91 heavy (non-hydrogen) atoms. The normalized spacial score (nSPS) is 12.4. The van der Waals surface area contributed by atoms with Gasteiger partial charge in [-0.05, 0) is 51.4 Å². The summed E-state index contributed by atoms with van der Waals surface area (Å²) >= 11 is 0. The van der Waals surface area contributed by atoms with E-state index in [1.807, 2.05) is 0 Å². The molecule has 0 saturated carbocycles. The average Bonchev–Trinajstić information content (AvgIpc) is 3.66. The van der Waals surface area contributed by atoms with Crippen LogP contribution in [0.3, 0.4) is 0 Å². The Morgan fingerprint density at radius 2 is 0.516 bits per heavy atom. The van der Waals surface area contributed by atoms with Crippen molar-refractivity contribution in [2.75, 3.05) is 13.2 Å². The zero-order chi connectivity index (χ0) is 65.6. The molecule has 0 aromatic rings. The molecule has 2 unspecified atom stereocenters. The molecule has 6 heteroatoms. The summed E-state index contributed by atoms with van der Waals surface area (Å²) in [7, 11) is 0. The molecule has 0 heterocycles. The zero-order valence-corrected chi connectivity index (χ0v) is 62.4. The van der Waals surface area contributed by atoms with Crippen LogP contribution in [0.5, 0.6) is 0 Å². The molecule has 0 spiro atoms. The number of rotatable bonds is 81. The number of hydrogen-bond donors (Lipinski definition) is 3. The van der Waals surface area contributed by atoms with Crippen molar-refractivity contribution in [2.45, 2.75) is 508 Å². The zero-order valence-electron chi connectivity index (χ0n) is 62.4. The molecule has 0 radical (unpaired) electrons. The summed E-state index contributed by atoms with van der Waals surface area (Å²) in [5.41, 5.74) is 0. The number of carbonyl (C=O) groups is 2. The van der Waals surface area contributed by atoms with Gasteiger partial charge in [-0.1, -0.05) is 443 Å². The maximum absolute atomic E-state index is 12.6. The van der Waals surface area contributed by atoms with Crippen LogP contribution in [0.15, 0.2) is 12.2 Å². The Morgan fingerprint density at radius 3 is 0.780 bits per heavy atom. The predicted molar refractivity (Wildman–Crippen MR) is 403 cm³/mol. The number of carbonyl (C=O) groups excluding carboxylic acids is 2. The van der Waals surface area contributed by atoms with Gasteiger partial charge >= 0.3 is 5.97 Å². The van der Waals surface area contributed by atoms with Crippen molar-refractivity contribution in [3.8, 4) is 0 Å². The van der Waals surface area contributed by atoms with Gasteiger partial charge in [-0.15, -0.1) is 0 Å². The molecular weight excluding hydrogens is 1110 g/mol. The van der Waals surface area contributed by atoms with Gasteiger partial charge in [0.15, 0.2) is 0 Å². The van der Waals surface area contributed by atoms with Gasteiger partial charge in [-0.3, -0.25) is 9.59 Å². The first kappa shape index (κ1) is 89.6. The monoisotopic (exact) mass is 1280 g/mol. The average molecular weight is 1280 g/mol. The van der Waals surface area contributed by atoms with E-state index < -0.39 is 12.1 Å². The summed E-state index contributed by atoms with van der Waals surface area (Å²) in [4.78, 5) is 24.7. The Kier molecular flexibility index (Phi) is 79.8. The van der Waals surface area contributed by atoms with E-state index in [0.29, 0.717) is 25.9 Å². The van der Waals surface area contributed by atoms with E-state index in [-0.39, 0.29) is 18.5 Å².